The van der Waals surface area contributed by atoms with Crippen LogP contribution < -0.4 is 15.4 Å². The number of rotatable bonds is 8. The van der Waals surface area contributed by atoms with Gasteiger partial charge in [-0.05, 0) is 25.1 Å². The number of imide groups is 1. The van der Waals surface area contributed by atoms with Crippen LogP contribution in [0.15, 0.2) is 29.3 Å². The maximum absolute atomic E-state index is 11.6. The van der Waals surface area contributed by atoms with Crippen molar-refractivity contribution in [3.8, 4) is 5.75 Å². The molecule has 1 aromatic carbocycles. The van der Waals surface area contributed by atoms with E-state index in [1.54, 1.807) is 12.1 Å². The molecule has 0 aromatic heterocycles. The molecule has 1 fully saturated rings. The van der Waals surface area contributed by atoms with Gasteiger partial charge in [-0.25, -0.2) is 4.79 Å². The van der Waals surface area contributed by atoms with Crippen LogP contribution in [0, 0.1) is 0 Å². The minimum Gasteiger partial charge on any atom is -0.492 e. The molecule has 2 rings (SSSR count). The van der Waals surface area contributed by atoms with Crippen LogP contribution in [0.4, 0.5) is 4.79 Å². The average Bonchev–Trinajstić information content (AvgIpc) is 2.93. The third-order valence-electron chi connectivity index (χ3n) is 3.71. The number of nitrogens with zero attached hydrogens (tertiary/aromatic N) is 3. The SMILES string of the molecule is CCNC(=NCCN1C(=O)CNC1=O)N(C)CCOc1cccc(Cl)c1.I. The van der Waals surface area contributed by atoms with Crippen LogP contribution in [0.2, 0.25) is 5.02 Å². The standard InChI is InChI=1S/C17H24ClN5O3.HI/c1-3-19-16(20-7-8-23-15(24)12-21-17(23)25)22(2)9-10-26-14-6-4-5-13(18)11-14;/h4-6,11H,3,7-10,12H2,1-2H3,(H,19,20)(H,21,25);1H. The smallest absolute Gasteiger partial charge is 0.324 e. The Balaban J connectivity index is 0.00000364. The van der Waals surface area contributed by atoms with E-state index in [1.165, 1.54) is 4.90 Å². The number of aliphatic imine (C=N–C) groups is 1. The van der Waals surface area contributed by atoms with Crippen molar-refractivity contribution in [3.05, 3.63) is 29.3 Å². The summed E-state index contributed by atoms with van der Waals surface area (Å²) in [6, 6.07) is 6.88. The Morgan fingerprint density at radius 2 is 2.22 bits per heavy atom. The number of likely N-dealkylation sites (N-methyl/N-ethyl adjacent to an activating group) is 1. The molecule has 1 heterocycles. The van der Waals surface area contributed by atoms with Crippen LogP contribution in [-0.2, 0) is 4.79 Å². The largest absolute Gasteiger partial charge is 0.492 e. The van der Waals surface area contributed by atoms with E-state index < -0.39 is 0 Å². The Morgan fingerprint density at radius 3 is 2.85 bits per heavy atom. The molecule has 2 N–H and O–H groups in total. The second-order valence-electron chi connectivity index (χ2n) is 5.67. The number of guanidine groups is 1. The summed E-state index contributed by atoms with van der Waals surface area (Å²) in [5.74, 6) is 1.18. The van der Waals surface area contributed by atoms with Gasteiger partial charge in [0, 0.05) is 18.6 Å². The third-order valence-corrected chi connectivity index (χ3v) is 3.95. The van der Waals surface area contributed by atoms with Crippen molar-refractivity contribution < 1.29 is 14.3 Å². The summed E-state index contributed by atoms with van der Waals surface area (Å²) in [5.41, 5.74) is 0. The summed E-state index contributed by atoms with van der Waals surface area (Å²) >= 11 is 5.93. The first-order valence-electron chi connectivity index (χ1n) is 8.47. The van der Waals surface area contributed by atoms with Crippen molar-refractivity contribution in [2.75, 3.05) is 46.4 Å². The van der Waals surface area contributed by atoms with Crippen LogP contribution >= 0.6 is 35.6 Å². The van der Waals surface area contributed by atoms with Gasteiger partial charge in [-0.15, -0.1) is 24.0 Å². The van der Waals surface area contributed by atoms with Gasteiger partial charge in [-0.2, -0.15) is 0 Å². The predicted octanol–water partition coefficient (Wildman–Crippen LogP) is 1.79. The van der Waals surface area contributed by atoms with E-state index in [2.05, 4.69) is 15.6 Å². The number of hydrogen-bond acceptors (Lipinski definition) is 4. The minimum absolute atomic E-state index is 0. The van der Waals surface area contributed by atoms with Crippen molar-refractivity contribution in [1.82, 2.24) is 20.4 Å². The van der Waals surface area contributed by atoms with Crippen molar-refractivity contribution >= 4 is 53.5 Å². The molecule has 1 aliphatic rings. The van der Waals surface area contributed by atoms with Gasteiger partial charge in [0.05, 0.1) is 26.2 Å². The lowest BCUT2D eigenvalue weighted by Crippen LogP contribution is -2.41. The number of halogens is 2. The van der Waals surface area contributed by atoms with Gasteiger partial charge in [0.25, 0.3) is 0 Å². The summed E-state index contributed by atoms with van der Waals surface area (Å²) in [5, 5.41) is 6.30. The van der Waals surface area contributed by atoms with Gasteiger partial charge in [0.2, 0.25) is 5.91 Å². The number of nitrogens with one attached hydrogen (secondary N) is 2. The molecule has 1 aromatic rings. The molecule has 0 aliphatic carbocycles. The molecular weight excluding hydrogens is 485 g/mol. The van der Waals surface area contributed by atoms with E-state index in [1.807, 2.05) is 31.0 Å². The van der Waals surface area contributed by atoms with Crippen molar-refractivity contribution in [3.63, 3.8) is 0 Å². The Kier molecular flexibility index (Phi) is 10.2. The Hall–Kier alpha value is -1.75. The van der Waals surface area contributed by atoms with Gasteiger partial charge < -0.3 is 20.3 Å². The highest BCUT2D eigenvalue weighted by Crippen LogP contribution is 2.16. The maximum atomic E-state index is 11.6. The van der Waals surface area contributed by atoms with Crippen LogP contribution in [-0.4, -0.2) is 74.1 Å². The lowest BCUT2D eigenvalue weighted by molar-refractivity contribution is -0.124. The molecule has 27 heavy (non-hydrogen) atoms. The number of carbonyl (C=O) groups is 2. The van der Waals surface area contributed by atoms with Gasteiger partial charge in [0.15, 0.2) is 5.96 Å². The summed E-state index contributed by atoms with van der Waals surface area (Å²) in [7, 11) is 1.90. The van der Waals surface area contributed by atoms with E-state index in [9.17, 15) is 9.59 Å². The molecule has 1 saturated heterocycles. The molecule has 0 unspecified atom stereocenters. The summed E-state index contributed by atoms with van der Waals surface area (Å²) in [4.78, 5) is 30.6. The number of ether oxygens (including phenoxy) is 1. The molecule has 1 aliphatic heterocycles. The normalized spacial score (nSPS) is 13.9. The monoisotopic (exact) mass is 509 g/mol. The van der Waals surface area contributed by atoms with Crippen molar-refractivity contribution in [1.29, 1.82) is 0 Å². The maximum Gasteiger partial charge on any atom is 0.324 e. The van der Waals surface area contributed by atoms with E-state index in [0.29, 0.717) is 43.0 Å². The quantitative estimate of drug-likeness (QED) is 0.242. The average molecular weight is 510 g/mol. The van der Waals surface area contributed by atoms with Crippen LogP contribution in [0.25, 0.3) is 0 Å². The Bertz CT molecular complexity index is 658. The minimum atomic E-state index is -0.363. The zero-order chi connectivity index (χ0) is 18.9. The summed E-state index contributed by atoms with van der Waals surface area (Å²) < 4.78 is 5.68. The topological polar surface area (TPSA) is 86.3 Å². The first-order chi connectivity index (χ1) is 12.5. The fraction of sp³-hybridized carbons (Fsp3) is 0.471. The molecule has 0 spiro atoms. The molecule has 0 bridgehead atoms. The first-order valence-corrected chi connectivity index (χ1v) is 8.85. The highest BCUT2D eigenvalue weighted by molar-refractivity contribution is 14.0. The molecular formula is C17H25ClIN5O3. The molecule has 0 radical (unpaired) electrons. The Labute approximate surface area is 181 Å². The lowest BCUT2D eigenvalue weighted by atomic mass is 10.3. The van der Waals surface area contributed by atoms with E-state index in [4.69, 9.17) is 16.3 Å². The zero-order valence-electron chi connectivity index (χ0n) is 15.4. The Morgan fingerprint density at radius 1 is 1.44 bits per heavy atom. The van der Waals surface area contributed by atoms with Crippen molar-refractivity contribution in [2.45, 2.75) is 6.92 Å². The molecule has 150 valence electrons. The highest BCUT2D eigenvalue weighted by atomic mass is 127. The van der Waals surface area contributed by atoms with Gasteiger partial charge in [0.1, 0.15) is 12.4 Å². The molecule has 0 atom stereocenters. The zero-order valence-corrected chi connectivity index (χ0v) is 18.5. The number of hydrogen-bond donors (Lipinski definition) is 2. The van der Waals surface area contributed by atoms with E-state index in [0.717, 1.165) is 0 Å². The fourth-order valence-corrected chi connectivity index (χ4v) is 2.55. The second-order valence-corrected chi connectivity index (χ2v) is 6.10. The van der Waals surface area contributed by atoms with E-state index >= 15 is 0 Å². The lowest BCUT2D eigenvalue weighted by Gasteiger charge is -2.22. The third kappa shape index (κ3) is 7.41. The summed E-state index contributed by atoms with van der Waals surface area (Å²) in [6.07, 6.45) is 0. The molecule has 10 heteroatoms. The summed E-state index contributed by atoms with van der Waals surface area (Å²) in [6.45, 7) is 4.41. The number of amides is 3. The molecule has 3 amide bonds. The van der Waals surface area contributed by atoms with Gasteiger partial charge >= 0.3 is 6.03 Å². The number of carbonyl (C=O) groups excluding carboxylic acids is 2. The molecule has 8 nitrogen and oxygen atoms in total. The fourth-order valence-electron chi connectivity index (χ4n) is 2.37. The number of urea groups is 1. The molecule has 0 saturated carbocycles. The van der Waals surface area contributed by atoms with Crippen LogP contribution in [0.3, 0.4) is 0 Å². The van der Waals surface area contributed by atoms with Gasteiger partial charge in [-0.3, -0.25) is 14.7 Å². The highest BCUT2D eigenvalue weighted by Gasteiger charge is 2.27. The predicted molar refractivity (Wildman–Crippen MR) is 116 cm³/mol. The van der Waals surface area contributed by atoms with Crippen LogP contribution in [0.1, 0.15) is 6.92 Å². The van der Waals surface area contributed by atoms with Crippen molar-refractivity contribution in [2.24, 2.45) is 4.99 Å². The van der Waals surface area contributed by atoms with Crippen LogP contribution in [0.5, 0.6) is 5.75 Å². The second kappa shape index (κ2) is 11.9. The number of benzene rings is 1. The van der Waals surface area contributed by atoms with E-state index in [-0.39, 0.29) is 49.0 Å². The van der Waals surface area contributed by atoms with Gasteiger partial charge in [-0.1, -0.05) is 17.7 Å². The first kappa shape index (κ1) is 23.3.